The number of primary amides is 1. The second-order valence-electron chi connectivity index (χ2n) is 3.66. The third kappa shape index (κ3) is 3.93. The van der Waals surface area contributed by atoms with Crippen LogP contribution in [0, 0.1) is 0 Å². The molecule has 1 aromatic rings. The van der Waals surface area contributed by atoms with Gasteiger partial charge in [-0.1, -0.05) is 0 Å². The van der Waals surface area contributed by atoms with Gasteiger partial charge in [-0.15, -0.1) is 0 Å². The Morgan fingerprint density at radius 2 is 2.29 bits per heavy atom. The molecule has 0 aromatic heterocycles. The van der Waals surface area contributed by atoms with Crippen molar-refractivity contribution in [3.8, 4) is 0 Å². The Kier molecular flexibility index (Phi) is 4.74. The van der Waals surface area contributed by atoms with E-state index >= 15 is 0 Å². The zero-order valence-electron chi connectivity index (χ0n) is 9.64. The summed E-state index contributed by atoms with van der Waals surface area (Å²) in [5.74, 6) is -0.525. The van der Waals surface area contributed by atoms with Crippen LogP contribution in [0.2, 0.25) is 0 Å². The molecule has 0 saturated heterocycles. The number of aliphatic hydroxyl groups is 1. The van der Waals surface area contributed by atoms with E-state index in [4.69, 9.17) is 16.2 Å². The van der Waals surface area contributed by atoms with E-state index in [2.05, 4.69) is 5.32 Å². The van der Waals surface area contributed by atoms with Crippen LogP contribution in [0.1, 0.15) is 10.4 Å². The molecule has 1 aromatic carbocycles. The van der Waals surface area contributed by atoms with Gasteiger partial charge in [-0.2, -0.15) is 0 Å². The average molecular weight is 239 g/mol. The van der Waals surface area contributed by atoms with Crippen molar-refractivity contribution in [1.29, 1.82) is 0 Å². The molecule has 1 rings (SSSR count). The Balaban J connectivity index is 2.63. The van der Waals surface area contributed by atoms with Crippen LogP contribution in [0.4, 0.5) is 11.4 Å². The Bertz CT molecular complexity index is 396. The van der Waals surface area contributed by atoms with Crippen LogP contribution in [-0.2, 0) is 4.74 Å². The molecule has 0 aliphatic rings. The summed E-state index contributed by atoms with van der Waals surface area (Å²) in [4.78, 5) is 10.9. The van der Waals surface area contributed by atoms with Crippen molar-refractivity contribution in [2.24, 2.45) is 5.73 Å². The fourth-order valence-electron chi connectivity index (χ4n) is 1.36. The first-order valence-corrected chi connectivity index (χ1v) is 5.14. The third-order valence-electron chi connectivity index (χ3n) is 2.22. The van der Waals surface area contributed by atoms with E-state index in [1.54, 1.807) is 12.1 Å². The van der Waals surface area contributed by atoms with E-state index in [1.165, 1.54) is 13.2 Å². The maximum Gasteiger partial charge on any atom is 0.248 e. The molecule has 1 atom stereocenters. The average Bonchev–Trinajstić information content (AvgIpc) is 2.27. The molecule has 0 bridgehead atoms. The number of hydrogen-bond acceptors (Lipinski definition) is 5. The number of aliphatic hydroxyl groups excluding tert-OH is 1. The summed E-state index contributed by atoms with van der Waals surface area (Å²) in [6.45, 7) is 0.556. The highest BCUT2D eigenvalue weighted by Crippen LogP contribution is 2.19. The van der Waals surface area contributed by atoms with Crippen molar-refractivity contribution < 1.29 is 14.6 Å². The maximum atomic E-state index is 10.9. The van der Waals surface area contributed by atoms with Gasteiger partial charge in [0, 0.05) is 19.2 Å². The van der Waals surface area contributed by atoms with Gasteiger partial charge in [0.05, 0.1) is 24.1 Å². The lowest BCUT2D eigenvalue weighted by molar-refractivity contribution is 0.0727. The quantitative estimate of drug-likeness (QED) is 0.513. The maximum absolute atomic E-state index is 10.9. The Labute approximate surface area is 99.6 Å². The predicted molar refractivity (Wildman–Crippen MR) is 65.7 cm³/mol. The number of anilines is 2. The Morgan fingerprint density at radius 1 is 1.59 bits per heavy atom. The summed E-state index contributed by atoms with van der Waals surface area (Å²) >= 11 is 0. The molecular weight excluding hydrogens is 222 g/mol. The van der Waals surface area contributed by atoms with Gasteiger partial charge < -0.3 is 26.6 Å². The summed E-state index contributed by atoms with van der Waals surface area (Å²) < 4.78 is 4.79. The first-order chi connectivity index (χ1) is 8.04. The van der Waals surface area contributed by atoms with Crippen LogP contribution in [0.3, 0.4) is 0 Å². The molecule has 0 aliphatic heterocycles. The number of hydrogen-bond donors (Lipinski definition) is 4. The van der Waals surface area contributed by atoms with Gasteiger partial charge in [-0.05, 0) is 18.2 Å². The minimum atomic E-state index is -0.616. The number of amides is 1. The topological polar surface area (TPSA) is 111 Å². The summed E-state index contributed by atoms with van der Waals surface area (Å²) in [6, 6.07) is 4.71. The van der Waals surface area contributed by atoms with E-state index < -0.39 is 12.0 Å². The van der Waals surface area contributed by atoms with Crippen LogP contribution in [0.15, 0.2) is 18.2 Å². The Hall–Kier alpha value is -1.79. The summed E-state index contributed by atoms with van der Waals surface area (Å²) in [6.07, 6.45) is -0.616. The standard InChI is InChI=1S/C11H17N3O3/c1-17-6-8(15)5-14-10-3-2-7(11(13)16)4-9(10)12/h2-4,8,14-15H,5-6,12H2,1H3,(H2,13,16). The number of nitrogen functional groups attached to an aromatic ring is 1. The number of nitrogens with two attached hydrogens (primary N) is 2. The van der Waals surface area contributed by atoms with Crippen LogP contribution < -0.4 is 16.8 Å². The minimum Gasteiger partial charge on any atom is -0.397 e. The van der Waals surface area contributed by atoms with Gasteiger partial charge in [-0.3, -0.25) is 4.79 Å². The largest absolute Gasteiger partial charge is 0.397 e. The number of carbonyl (C=O) groups excluding carboxylic acids is 1. The smallest absolute Gasteiger partial charge is 0.248 e. The lowest BCUT2D eigenvalue weighted by Gasteiger charge is -2.13. The van der Waals surface area contributed by atoms with Crippen molar-refractivity contribution in [3.63, 3.8) is 0 Å². The van der Waals surface area contributed by atoms with E-state index in [1.807, 2.05) is 0 Å². The van der Waals surface area contributed by atoms with E-state index in [0.717, 1.165) is 0 Å². The van der Waals surface area contributed by atoms with Gasteiger partial charge in [-0.25, -0.2) is 0 Å². The van der Waals surface area contributed by atoms with Crippen molar-refractivity contribution in [1.82, 2.24) is 0 Å². The van der Waals surface area contributed by atoms with E-state index in [9.17, 15) is 9.90 Å². The number of benzene rings is 1. The van der Waals surface area contributed by atoms with Crippen LogP contribution in [0.5, 0.6) is 0 Å². The number of ether oxygens (including phenoxy) is 1. The molecule has 6 heteroatoms. The highest BCUT2D eigenvalue weighted by Gasteiger charge is 2.07. The molecule has 17 heavy (non-hydrogen) atoms. The zero-order chi connectivity index (χ0) is 12.8. The van der Waals surface area contributed by atoms with Crippen LogP contribution >= 0.6 is 0 Å². The molecule has 6 nitrogen and oxygen atoms in total. The molecule has 0 spiro atoms. The number of carbonyl (C=O) groups is 1. The molecule has 0 saturated carbocycles. The van der Waals surface area contributed by atoms with Crippen LogP contribution in [-0.4, -0.2) is 37.4 Å². The molecule has 1 amide bonds. The lowest BCUT2D eigenvalue weighted by Crippen LogP contribution is -2.24. The number of rotatable bonds is 6. The molecule has 0 fully saturated rings. The fraction of sp³-hybridized carbons (Fsp3) is 0.364. The van der Waals surface area contributed by atoms with Crippen molar-refractivity contribution in [3.05, 3.63) is 23.8 Å². The SMILES string of the molecule is COCC(O)CNc1ccc(C(N)=O)cc1N. The highest BCUT2D eigenvalue weighted by atomic mass is 16.5. The Morgan fingerprint density at radius 3 is 2.82 bits per heavy atom. The molecule has 1 unspecified atom stereocenters. The van der Waals surface area contributed by atoms with E-state index in [-0.39, 0.29) is 6.61 Å². The van der Waals surface area contributed by atoms with Crippen LogP contribution in [0.25, 0.3) is 0 Å². The van der Waals surface area contributed by atoms with Gasteiger partial charge in [0.25, 0.3) is 0 Å². The van der Waals surface area contributed by atoms with Gasteiger partial charge in [0.1, 0.15) is 0 Å². The van der Waals surface area contributed by atoms with Crippen molar-refractivity contribution in [2.75, 3.05) is 31.3 Å². The first kappa shape index (κ1) is 13.3. The summed E-state index contributed by atoms with van der Waals surface area (Å²) in [5, 5.41) is 12.4. The fourth-order valence-corrected chi connectivity index (χ4v) is 1.36. The normalized spacial score (nSPS) is 12.1. The molecular formula is C11H17N3O3. The van der Waals surface area contributed by atoms with Gasteiger partial charge >= 0.3 is 0 Å². The second-order valence-corrected chi connectivity index (χ2v) is 3.66. The molecule has 6 N–H and O–H groups in total. The molecule has 0 aliphatic carbocycles. The first-order valence-electron chi connectivity index (χ1n) is 5.14. The monoisotopic (exact) mass is 239 g/mol. The van der Waals surface area contributed by atoms with E-state index in [0.29, 0.717) is 23.5 Å². The summed E-state index contributed by atoms with van der Waals surface area (Å²) in [7, 11) is 1.51. The van der Waals surface area contributed by atoms with Gasteiger partial charge in [0.2, 0.25) is 5.91 Å². The number of methoxy groups -OCH3 is 1. The molecule has 94 valence electrons. The number of nitrogens with one attached hydrogen (secondary N) is 1. The minimum absolute atomic E-state index is 0.242. The zero-order valence-corrected chi connectivity index (χ0v) is 9.64. The summed E-state index contributed by atoms with van der Waals surface area (Å²) in [5.41, 5.74) is 12.3. The third-order valence-corrected chi connectivity index (χ3v) is 2.22. The lowest BCUT2D eigenvalue weighted by atomic mass is 10.1. The van der Waals surface area contributed by atoms with Gasteiger partial charge in [0.15, 0.2) is 0 Å². The predicted octanol–water partition coefficient (Wildman–Crippen LogP) is -0.213. The highest BCUT2D eigenvalue weighted by molar-refractivity contribution is 5.94. The van der Waals surface area contributed by atoms with Crippen molar-refractivity contribution in [2.45, 2.75) is 6.10 Å². The molecule has 0 heterocycles. The second kappa shape index (κ2) is 6.07. The van der Waals surface area contributed by atoms with Crippen molar-refractivity contribution >= 4 is 17.3 Å². The molecule has 0 radical (unpaired) electrons.